The van der Waals surface area contributed by atoms with E-state index in [1.165, 1.54) is 17.5 Å². The molecule has 5 nitrogen and oxygen atoms in total. The van der Waals surface area contributed by atoms with E-state index in [1.54, 1.807) is 12.3 Å². The number of halogens is 2. The highest BCUT2D eigenvalue weighted by Crippen LogP contribution is 2.26. The van der Waals surface area contributed by atoms with Crippen molar-refractivity contribution < 1.29 is 4.79 Å². The van der Waals surface area contributed by atoms with Gasteiger partial charge in [0, 0.05) is 24.7 Å². The molecule has 2 N–H and O–H groups in total. The summed E-state index contributed by atoms with van der Waals surface area (Å²) in [4.78, 5) is 21.1. The summed E-state index contributed by atoms with van der Waals surface area (Å²) in [7, 11) is 0. The molecule has 0 atom stereocenters. The van der Waals surface area contributed by atoms with E-state index in [2.05, 4.69) is 41.4 Å². The maximum atomic E-state index is 12.1. The summed E-state index contributed by atoms with van der Waals surface area (Å²) < 4.78 is 0. The van der Waals surface area contributed by atoms with Gasteiger partial charge in [-0.15, -0.1) is 11.3 Å². The van der Waals surface area contributed by atoms with Crippen LogP contribution in [0.1, 0.15) is 35.5 Å². The second kappa shape index (κ2) is 7.47. The topological polar surface area (TPSA) is 66.9 Å². The van der Waals surface area contributed by atoms with Crippen LogP contribution >= 0.6 is 34.5 Å². The minimum atomic E-state index is -0.130. The molecule has 8 heteroatoms. The van der Waals surface area contributed by atoms with Gasteiger partial charge in [-0.25, -0.2) is 9.97 Å². The van der Waals surface area contributed by atoms with E-state index in [0.717, 1.165) is 5.01 Å². The molecule has 0 unspecified atom stereocenters. The van der Waals surface area contributed by atoms with Crippen molar-refractivity contribution in [3.8, 4) is 0 Å². The lowest BCUT2D eigenvalue weighted by molar-refractivity contribution is 0.0959. The van der Waals surface area contributed by atoms with E-state index >= 15 is 0 Å². The van der Waals surface area contributed by atoms with Gasteiger partial charge in [-0.05, 0) is 6.07 Å². The van der Waals surface area contributed by atoms with Crippen LogP contribution in [0.15, 0.2) is 18.5 Å². The average Bonchev–Trinajstić information content (AvgIpc) is 2.95. The number of nitrogens with zero attached hydrogens (tertiary/aromatic N) is 2. The number of pyridine rings is 1. The summed E-state index contributed by atoms with van der Waals surface area (Å²) in [5.41, 5.74) is -0.0538. The highest BCUT2D eigenvalue weighted by atomic mass is 35.5. The number of nitrogens with one attached hydrogen (secondary N) is 2. The normalized spacial score (nSPS) is 11.3. The summed E-state index contributed by atoms with van der Waals surface area (Å²) in [6.07, 6.45) is 3.13. The van der Waals surface area contributed by atoms with Crippen LogP contribution in [-0.2, 0) is 5.41 Å². The second-order valence-corrected chi connectivity index (χ2v) is 7.82. The van der Waals surface area contributed by atoms with Gasteiger partial charge in [-0.1, -0.05) is 44.0 Å². The smallest absolute Gasteiger partial charge is 0.263 e. The molecule has 2 heterocycles. The van der Waals surface area contributed by atoms with E-state index in [-0.39, 0.29) is 11.3 Å². The number of hydrogen-bond acceptors (Lipinski definition) is 5. The molecule has 0 aromatic carbocycles. The third-order valence-electron chi connectivity index (χ3n) is 2.88. The molecule has 0 spiro atoms. The van der Waals surface area contributed by atoms with Crippen LogP contribution in [0, 0.1) is 0 Å². The number of amides is 1. The van der Waals surface area contributed by atoms with E-state index in [1.807, 2.05) is 0 Å². The van der Waals surface area contributed by atoms with Crippen LogP contribution in [0.4, 0.5) is 5.82 Å². The van der Waals surface area contributed by atoms with Gasteiger partial charge in [0.2, 0.25) is 0 Å². The lowest BCUT2D eigenvalue weighted by Gasteiger charge is -2.13. The van der Waals surface area contributed by atoms with Crippen LogP contribution in [0.25, 0.3) is 0 Å². The highest BCUT2D eigenvalue weighted by Gasteiger charge is 2.20. The van der Waals surface area contributed by atoms with Gasteiger partial charge in [0.05, 0.1) is 21.2 Å². The summed E-state index contributed by atoms with van der Waals surface area (Å²) in [6, 6.07) is 1.61. The second-order valence-electron chi connectivity index (χ2n) is 5.95. The Bertz CT molecular complexity index is 697. The fraction of sp³-hybridized carbons (Fsp3) is 0.400. The van der Waals surface area contributed by atoms with Gasteiger partial charge in [0.25, 0.3) is 5.91 Å². The minimum Gasteiger partial charge on any atom is -0.367 e. The van der Waals surface area contributed by atoms with Gasteiger partial charge >= 0.3 is 0 Å². The lowest BCUT2D eigenvalue weighted by atomic mass is 9.98. The van der Waals surface area contributed by atoms with Crippen LogP contribution < -0.4 is 10.6 Å². The molecule has 0 fully saturated rings. The molecule has 1 amide bonds. The molecule has 2 aromatic heterocycles. The number of carbonyl (C=O) groups excluding carboxylic acids is 1. The van der Waals surface area contributed by atoms with Gasteiger partial charge in [-0.2, -0.15) is 0 Å². The predicted molar refractivity (Wildman–Crippen MR) is 95.9 cm³/mol. The summed E-state index contributed by atoms with van der Waals surface area (Å²) in [6.45, 7) is 7.16. The standard InChI is InChI=1S/C15H18Cl2N4OS/c1-15(2,3)14-21-8-11(23-14)13(22)19-5-4-18-12-10(17)6-9(16)7-20-12/h6-8H,4-5H2,1-3H3,(H,18,20)(H,19,22). The monoisotopic (exact) mass is 372 g/mol. The Morgan fingerprint density at radius 2 is 1.96 bits per heavy atom. The van der Waals surface area contributed by atoms with Crippen molar-refractivity contribution in [2.24, 2.45) is 0 Å². The first kappa shape index (κ1) is 18.0. The molecule has 2 aromatic rings. The third kappa shape index (κ3) is 5.06. The maximum absolute atomic E-state index is 12.1. The molecule has 0 aliphatic heterocycles. The van der Waals surface area contributed by atoms with Gasteiger partial charge in [0.1, 0.15) is 10.7 Å². The van der Waals surface area contributed by atoms with Crippen molar-refractivity contribution in [2.45, 2.75) is 26.2 Å². The number of aromatic nitrogens is 2. The SMILES string of the molecule is CC(C)(C)c1ncc(C(=O)NCCNc2ncc(Cl)cc2Cl)s1. The summed E-state index contributed by atoms with van der Waals surface area (Å²) in [5.74, 6) is 0.410. The predicted octanol–water partition coefficient (Wildman–Crippen LogP) is 3.98. The zero-order valence-corrected chi connectivity index (χ0v) is 15.4. The number of anilines is 1. The van der Waals surface area contributed by atoms with Crippen molar-refractivity contribution in [1.82, 2.24) is 15.3 Å². The Hall–Kier alpha value is -1.37. The Kier molecular flexibility index (Phi) is 5.84. The third-order valence-corrected chi connectivity index (χ3v) is 4.80. The molecular formula is C15H18Cl2N4OS. The Morgan fingerprint density at radius 3 is 2.57 bits per heavy atom. The number of hydrogen-bond donors (Lipinski definition) is 2. The van der Waals surface area contributed by atoms with Crippen LogP contribution in [-0.4, -0.2) is 29.0 Å². The van der Waals surface area contributed by atoms with Crippen molar-refractivity contribution in [2.75, 3.05) is 18.4 Å². The molecular weight excluding hydrogens is 355 g/mol. The quantitative estimate of drug-likeness (QED) is 0.778. The molecule has 2 rings (SSSR count). The van der Waals surface area contributed by atoms with Crippen LogP contribution in [0.2, 0.25) is 10.0 Å². The van der Waals surface area contributed by atoms with Crippen LogP contribution in [0.5, 0.6) is 0 Å². The van der Waals surface area contributed by atoms with E-state index in [4.69, 9.17) is 23.2 Å². The highest BCUT2D eigenvalue weighted by molar-refractivity contribution is 7.13. The van der Waals surface area contributed by atoms with Crippen molar-refractivity contribution in [3.05, 3.63) is 38.4 Å². The summed E-state index contributed by atoms with van der Waals surface area (Å²) in [5, 5.41) is 7.75. The molecule has 0 radical (unpaired) electrons. The fourth-order valence-electron chi connectivity index (χ4n) is 1.71. The molecule has 0 saturated carbocycles. The lowest BCUT2D eigenvalue weighted by Crippen LogP contribution is -2.28. The molecule has 124 valence electrons. The zero-order valence-electron chi connectivity index (χ0n) is 13.1. The van der Waals surface area contributed by atoms with Crippen LogP contribution in [0.3, 0.4) is 0 Å². The number of rotatable bonds is 5. The minimum absolute atomic E-state index is 0.0538. The molecule has 0 aliphatic rings. The van der Waals surface area contributed by atoms with E-state index < -0.39 is 0 Å². The first-order valence-electron chi connectivity index (χ1n) is 7.07. The van der Waals surface area contributed by atoms with Crippen molar-refractivity contribution >= 4 is 46.3 Å². The average molecular weight is 373 g/mol. The summed E-state index contributed by atoms with van der Waals surface area (Å²) >= 11 is 13.2. The Morgan fingerprint density at radius 1 is 1.22 bits per heavy atom. The first-order chi connectivity index (χ1) is 10.8. The zero-order chi connectivity index (χ0) is 17.0. The largest absolute Gasteiger partial charge is 0.367 e. The molecule has 0 aliphatic carbocycles. The molecule has 23 heavy (non-hydrogen) atoms. The molecule has 0 saturated heterocycles. The first-order valence-corrected chi connectivity index (χ1v) is 8.64. The Balaban J connectivity index is 1.82. The number of carbonyl (C=O) groups is 1. The molecule has 0 bridgehead atoms. The van der Waals surface area contributed by atoms with Gasteiger partial charge in [-0.3, -0.25) is 4.79 Å². The van der Waals surface area contributed by atoms with Crippen molar-refractivity contribution in [3.63, 3.8) is 0 Å². The number of thiazole rings is 1. The van der Waals surface area contributed by atoms with E-state index in [9.17, 15) is 4.79 Å². The maximum Gasteiger partial charge on any atom is 0.263 e. The van der Waals surface area contributed by atoms with Gasteiger partial charge < -0.3 is 10.6 Å². The fourth-order valence-corrected chi connectivity index (χ4v) is 3.05. The Labute approximate surface area is 149 Å². The van der Waals surface area contributed by atoms with E-state index in [0.29, 0.717) is 33.8 Å². The van der Waals surface area contributed by atoms with Gasteiger partial charge in [0.15, 0.2) is 0 Å². The van der Waals surface area contributed by atoms with Crippen molar-refractivity contribution in [1.29, 1.82) is 0 Å².